The number of halogens is 1. The second-order valence-electron chi connectivity index (χ2n) is 7.62. The zero-order valence-corrected chi connectivity index (χ0v) is 17.8. The summed E-state index contributed by atoms with van der Waals surface area (Å²) in [6.45, 7) is 7.30. The Balaban J connectivity index is 2.12. The number of carbonyl (C=O) groups is 1. The van der Waals surface area contributed by atoms with E-state index in [0.29, 0.717) is 34.8 Å². The average molecular weight is 404 g/mol. The highest BCUT2D eigenvalue weighted by Crippen LogP contribution is 2.32. The molecule has 1 aliphatic rings. The van der Waals surface area contributed by atoms with Crippen molar-refractivity contribution in [1.29, 1.82) is 0 Å². The number of rotatable bonds is 7. The van der Waals surface area contributed by atoms with Gasteiger partial charge in [-0.25, -0.2) is 4.98 Å². The molecule has 1 saturated carbocycles. The summed E-state index contributed by atoms with van der Waals surface area (Å²) in [5.74, 6) is 0.996. The summed E-state index contributed by atoms with van der Waals surface area (Å²) in [6.07, 6.45) is 5.79. The molecule has 0 bridgehead atoms. The van der Waals surface area contributed by atoms with E-state index in [1.54, 1.807) is 22.8 Å². The number of fused-ring (bicyclic) bond motifs is 1. The van der Waals surface area contributed by atoms with Crippen molar-refractivity contribution in [3.8, 4) is 0 Å². The minimum atomic E-state index is -0.205. The maximum absolute atomic E-state index is 13.3. The van der Waals surface area contributed by atoms with Crippen LogP contribution in [0.2, 0.25) is 5.02 Å². The van der Waals surface area contributed by atoms with Crippen molar-refractivity contribution in [2.24, 2.45) is 5.92 Å². The highest BCUT2D eigenvalue weighted by molar-refractivity contribution is 6.31. The Morgan fingerprint density at radius 2 is 2.00 bits per heavy atom. The molecule has 1 atom stereocenters. The first kappa shape index (κ1) is 20.8. The molecule has 0 N–H and O–H groups in total. The van der Waals surface area contributed by atoms with E-state index in [0.717, 1.165) is 38.5 Å². The van der Waals surface area contributed by atoms with E-state index in [9.17, 15) is 9.59 Å². The lowest BCUT2D eigenvalue weighted by molar-refractivity contribution is -0.138. The summed E-state index contributed by atoms with van der Waals surface area (Å²) in [4.78, 5) is 33.2. The Hall–Kier alpha value is -1.88. The molecule has 1 unspecified atom stereocenters. The largest absolute Gasteiger partial charge is 0.332 e. The monoisotopic (exact) mass is 403 g/mol. The van der Waals surface area contributed by atoms with Crippen molar-refractivity contribution in [2.45, 2.75) is 71.9 Å². The van der Waals surface area contributed by atoms with Gasteiger partial charge in [-0.2, -0.15) is 0 Å². The Kier molecular flexibility index (Phi) is 6.76. The molecule has 0 radical (unpaired) electrons. The fourth-order valence-electron chi connectivity index (χ4n) is 4.38. The Morgan fingerprint density at radius 1 is 1.29 bits per heavy atom. The number of carbonyl (C=O) groups excluding carboxylic acids is 1. The standard InChI is InChI=1S/C22H30ClN3O2/c1-4-13-26(21(27)15-9-7-8-10-15)19(5-2)20-24-18-14-16(23)11-12-17(18)22(28)25(20)6-3/h11-12,14-15,19H,4-10,13H2,1-3H3. The van der Waals surface area contributed by atoms with Crippen LogP contribution in [0.15, 0.2) is 23.0 Å². The van der Waals surface area contributed by atoms with Gasteiger partial charge in [0.2, 0.25) is 5.91 Å². The highest BCUT2D eigenvalue weighted by Gasteiger charge is 2.33. The summed E-state index contributed by atoms with van der Waals surface area (Å²) in [5, 5.41) is 1.12. The summed E-state index contributed by atoms with van der Waals surface area (Å²) in [6, 6.07) is 4.98. The molecule has 1 heterocycles. The summed E-state index contributed by atoms with van der Waals surface area (Å²) in [5.41, 5.74) is 0.530. The third-order valence-corrected chi connectivity index (χ3v) is 6.01. The smallest absolute Gasteiger partial charge is 0.261 e. The normalized spacial score (nSPS) is 15.9. The molecule has 0 aliphatic heterocycles. The number of aromatic nitrogens is 2. The van der Waals surface area contributed by atoms with Crippen LogP contribution in [0, 0.1) is 5.92 Å². The van der Waals surface area contributed by atoms with Gasteiger partial charge in [0.1, 0.15) is 5.82 Å². The molecule has 2 aromatic rings. The van der Waals surface area contributed by atoms with Crippen LogP contribution in [-0.4, -0.2) is 26.9 Å². The Bertz CT molecular complexity index is 903. The van der Waals surface area contributed by atoms with Crippen molar-refractivity contribution >= 4 is 28.4 Å². The van der Waals surface area contributed by atoms with Gasteiger partial charge >= 0.3 is 0 Å². The van der Waals surface area contributed by atoms with Gasteiger partial charge in [-0.3, -0.25) is 14.2 Å². The van der Waals surface area contributed by atoms with E-state index in [1.807, 2.05) is 11.8 Å². The molecule has 152 valence electrons. The summed E-state index contributed by atoms with van der Waals surface area (Å²) < 4.78 is 1.72. The van der Waals surface area contributed by atoms with Crippen LogP contribution in [0.5, 0.6) is 0 Å². The molecule has 1 aromatic carbocycles. The van der Waals surface area contributed by atoms with Gasteiger partial charge in [0.15, 0.2) is 0 Å². The quantitative estimate of drug-likeness (QED) is 0.657. The number of amides is 1. The molecule has 0 saturated heterocycles. The van der Waals surface area contributed by atoms with Gasteiger partial charge in [0.25, 0.3) is 5.56 Å². The predicted molar refractivity (Wildman–Crippen MR) is 114 cm³/mol. The predicted octanol–water partition coefficient (Wildman–Crippen LogP) is 4.95. The van der Waals surface area contributed by atoms with Gasteiger partial charge < -0.3 is 4.90 Å². The minimum Gasteiger partial charge on any atom is -0.332 e. The second kappa shape index (κ2) is 9.08. The first-order valence-electron chi connectivity index (χ1n) is 10.5. The van der Waals surface area contributed by atoms with Crippen molar-refractivity contribution in [3.05, 3.63) is 39.4 Å². The maximum atomic E-state index is 13.3. The second-order valence-corrected chi connectivity index (χ2v) is 8.05. The third-order valence-electron chi connectivity index (χ3n) is 5.78. The fourth-order valence-corrected chi connectivity index (χ4v) is 4.55. The first-order chi connectivity index (χ1) is 13.5. The van der Waals surface area contributed by atoms with E-state index in [-0.39, 0.29) is 23.4 Å². The van der Waals surface area contributed by atoms with Crippen molar-refractivity contribution < 1.29 is 4.79 Å². The van der Waals surface area contributed by atoms with Crippen LogP contribution < -0.4 is 5.56 Å². The lowest BCUT2D eigenvalue weighted by Crippen LogP contribution is -2.41. The van der Waals surface area contributed by atoms with Crippen molar-refractivity contribution in [1.82, 2.24) is 14.5 Å². The Morgan fingerprint density at radius 3 is 2.61 bits per heavy atom. The van der Waals surface area contributed by atoms with Crippen LogP contribution in [0.1, 0.15) is 71.2 Å². The van der Waals surface area contributed by atoms with Gasteiger partial charge in [-0.1, -0.05) is 38.3 Å². The van der Waals surface area contributed by atoms with E-state index in [1.165, 1.54) is 0 Å². The summed E-state index contributed by atoms with van der Waals surface area (Å²) >= 11 is 6.15. The molecule has 0 spiro atoms. The number of hydrogen-bond acceptors (Lipinski definition) is 3. The lowest BCUT2D eigenvalue weighted by Gasteiger charge is -2.34. The fraction of sp³-hybridized carbons (Fsp3) is 0.591. The molecule has 28 heavy (non-hydrogen) atoms. The molecule has 5 nitrogen and oxygen atoms in total. The van der Waals surface area contributed by atoms with Crippen LogP contribution in [0.4, 0.5) is 0 Å². The first-order valence-corrected chi connectivity index (χ1v) is 10.9. The number of nitrogens with zero attached hydrogens (tertiary/aromatic N) is 3. The number of benzene rings is 1. The average Bonchev–Trinajstić information content (AvgIpc) is 3.22. The zero-order chi connectivity index (χ0) is 20.3. The molecule has 1 fully saturated rings. The van der Waals surface area contributed by atoms with E-state index in [4.69, 9.17) is 16.6 Å². The minimum absolute atomic E-state index is 0.0672. The van der Waals surface area contributed by atoms with Crippen LogP contribution in [-0.2, 0) is 11.3 Å². The van der Waals surface area contributed by atoms with Crippen LogP contribution in [0.3, 0.4) is 0 Å². The lowest BCUT2D eigenvalue weighted by atomic mass is 10.0. The summed E-state index contributed by atoms with van der Waals surface area (Å²) in [7, 11) is 0. The van der Waals surface area contributed by atoms with E-state index >= 15 is 0 Å². The number of hydrogen-bond donors (Lipinski definition) is 0. The SMILES string of the molecule is CCCN(C(=O)C1CCCC1)C(CC)c1nc2cc(Cl)ccc2c(=O)n1CC. The van der Waals surface area contributed by atoms with Crippen molar-refractivity contribution in [2.75, 3.05) is 6.54 Å². The third kappa shape index (κ3) is 3.95. The van der Waals surface area contributed by atoms with Gasteiger partial charge in [-0.05, 0) is 50.8 Å². The highest BCUT2D eigenvalue weighted by atomic mass is 35.5. The molecular weight excluding hydrogens is 374 g/mol. The topological polar surface area (TPSA) is 55.2 Å². The van der Waals surface area contributed by atoms with E-state index < -0.39 is 0 Å². The van der Waals surface area contributed by atoms with E-state index in [2.05, 4.69) is 13.8 Å². The molecule has 1 aliphatic carbocycles. The van der Waals surface area contributed by atoms with Gasteiger partial charge in [-0.15, -0.1) is 0 Å². The Labute approximate surface area is 171 Å². The molecule has 6 heteroatoms. The molecule has 3 rings (SSSR count). The van der Waals surface area contributed by atoms with Crippen molar-refractivity contribution in [3.63, 3.8) is 0 Å². The van der Waals surface area contributed by atoms with Crippen LogP contribution in [0.25, 0.3) is 10.9 Å². The zero-order valence-electron chi connectivity index (χ0n) is 17.1. The maximum Gasteiger partial charge on any atom is 0.261 e. The molecular formula is C22H30ClN3O2. The van der Waals surface area contributed by atoms with Crippen LogP contribution >= 0.6 is 11.6 Å². The van der Waals surface area contributed by atoms with Gasteiger partial charge in [0, 0.05) is 24.0 Å². The molecule has 1 aromatic heterocycles. The molecule has 1 amide bonds. The van der Waals surface area contributed by atoms with Gasteiger partial charge in [0.05, 0.1) is 16.9 Å².